The Kier molecular flexibility index (Phi) is 5.97. The van der Waals surface area contributed by atoms with Crippen molar-refractivity contribution in [3.8, 4) is 0 Å². The molecule has 0 radical (unpaired) electrons. The Morgan fingerprint density at radius 1 is 0.875 bits per heavy atom. The molecule has 1 aliphatic carbocycles. The molecule has 0 atom stereocenters. The number of hydrogen-bond donors (Lipinski definition) is 0. The van der Waals surface area contributed by atoms with Crippen LogP contribution in [0, 0.1) is 6.92 Å². The summed E-state index contributed by atoms with van der Waals surface area (Å²) >= 11 is 6.12. The van der Waals surface area contributed by atoms with E-state index in [-0.39, 0.29) is 11.3 Å². The van der Waals surface area contributed by atoms with Crippen molar-refractivity contribution in [3.05, 3.63) is 46.6 Å². The number of hydrogen-bond acceptors (Lipinski definition) is 5. The normalized spacial score (nSPS) is 20.8. The second-order valence-electron chi connectivity index (χ2n) is 9.44. The zero-order chi connectivity index (χ0) is 22.1. The SMILES string of the molecule is Cc1cc(N2CCN(C(=O)C3(c4ccc(Cl)cc4)CCCC3)CC2)nc(N2CCCC2)n1. The van der Waals surface area contributed by atoms with Gasteiger partial charge in [-0.15, -0.1) is 0 Å². The van der Waals surface area contributed by atoms with Crippen LogP contribution in [0.15, 0.2) is 30.3 Å². The molecule has 0 unspecified atom stereocenters. The molecule has 3 heterocycles. The van der Waals surface area contributed by atoms with Crippen LogP contribution in [-0.2, 0) is 10.2 Å². The summed E-state index contributed by atoms with van der Waals surface area (Å²) in [5.74, 6) is 2.12. The molecule has 2 saturated heterocycles. The van der Waals surface area contributed by atoms with Crippen molar-refractivity contribution in [1.29, 1.82) is 0 Å². The number of aryl methyl sites for hydroxylation is 1. The first-order valence-corrected chi connectivity index (χ1v) is 12.3. The molecule has 1 aromatic heterocycles. The first-order valence-electron chi connectivity index (χ1n) is 12.0. The number of benzene rings is 1. The third kappa shape index (κ3) is 4.05. The molecule has 0 bridgehead atoms. The highest BCUT2D eigenvalue weighted by Gasteiger charge is 2.45. The minimum absolute atomic E-state index is 0.286. The monoisotopic (exact) mass is 453 g/mol. The van der Waals surface area contributed by atoms with Gasteiger partial charge in [-0.25, -0.2) is 4.98 Å². The Morgan fingerprint density at radius 2 is 1.53 bits per heavy atom. The number of anilines is 2. The number of piperazine rings is 1. The maximum atomic E-state index is 13.8. The van der Waals surface area contributed by atoms with Crippen molar-refractivity contribution in [2.45, 2.75) is 50.9 Å². The molecule has 1 amide bonds. The first-order chi connectivity index (χ1) is 15.5. The number of aromatic nitrogens is 2. The number of halogens is 1. The molecule has 3 aliphatic rings. The fourth-order valence-electron chi connectivity index (χ4n) is 5.57. The highest BCUT2D eigenvalue weighted by molar-refractivity contribution is 6.30. The summed E-state index contributed by atoms with van der Waals surface area (Å²) in [6.45, 7) is 7.19. The van der Waals surface area contributed by atoms with Crippen molar-refractivity contribution >= 4 is 29.3 Å². The van der Waals surface area contributed by atoms with Gasteiger partial charge in [-0.05, 0) is 50.3 Å². The van der Waals surface area contributed by atoms with Crippen molar-refractivity contribution in [1.82, 2.24) is 14.9 Å². The van der Waals surface area contributed by atoms with Crippen LogP contribution >= 0.6 is 11.6 Å². The van der Waals surface area contributed by atoms with Crippen LogP contribution in [0.3, 0.4) is 0 Å². The van der Waals surface area contributed by atoms with Gasteiger partial charge >= 0.3 is 0 Å². The second-order valence-corrected chi connectivity index (χ2v) is 9.87. The number of rotatable bonds is 4. The van der Waals surface area contributed by atoms with Crippen molar-refractivity contribution < 1.29 is 4.79 Å². The zero-order valence-electron chi connectivity index (χ0n) is 18.9. The number of nitrogens with zero attached hydrogens (tertiary/aromatic N) is 5. The van der Waals surface area contributed by atoms with E-state index in [9.17, 15) is 4.79 Å². The quantitative estimate of drug-likeness (QED) is 0.694. The Bertz CT molecular complexity index is 959. The van der Waals surface area contributed by atoms with Crippen molar-refractivity contribution in [2.24, 2.45) is 0 Å². The van der Waals surface area contributed by atoms with Crippen LogP contribution in [0.25, 0.3) is 0 Å². The highest BCUT2D eigenvalue weighted by atomic mass is 35.5. The molecular weight excluding hydrogens is 422 g/mol. The van der Waals surface area contributed by atoms with Crippen LogP contribution < -0.4 is 9.80 Å². The fourth-order valence-corrected chi connectivity index (χ4v) is 5.70. The second kappa shape index (κ2) is 8.89. The molecule has 0 N–H and O–H groups in total. The van der Waals surface area contributed by atoms with Crippen LogP contribution in [0.2, 0.25) is 5.02 Å². The topological polar surface area (TPSA) is 52.6 Å². The molecule has 170 valence electrons. The van der Waals surface area contributed by atoms with E-state index in [2.05, 4.69) is 25.8 Å². The van der Waals surface area contributed by atoms with Crippen molar-refractivity contribution in [3.63, 3.8) is 0 Å². The van der Waals surface area contributed by atoms with Crippen molar-refractivity contribution in [2.75, 3.05) is 49.1 Å². The smallest absolute Gasteiger partial charge is 0.233 e. The summed E-state index contributed by atoms with van der Waals surface area (Å²) < 4.78 is 0. The van der Waals surface area contributed by atoms with Gasteiger partial charge in [0.2, 0.25) is 11.9 Å². The fraction of sp³-hybridized carbons (Fsp3) is 0.560. The number of amides is 1. The predicted molar refractivity (Wildman–Crippen MR) is 129 cm³/mol. The largest absolute Gasteiger partial charge is 0.353 e. The Balaban J connectivity index is 1.30. The first kappa shape index (κ1) is 21.5. The maximum Gasteiger partial charge on any atom is 0.233 e. The molecule has 5 rings (SSSR count). The molecule has 0 spiro atoms. The molecule has 2 aliphatic heterocycles. The summed E-state index contributed by atoms with van der Waals surface area (Å²) in [7, 11) is 0. The van der Waals surface area contributed by atoms with E-state index >= 15 is 0 Å². The number of carbonyl (C=O) groups is 1. The standard InChI is InChI=1S/C25H32ClN5O/c1-19-18-22(28-24(27-19)31-12-4-5-13-31)29-14-16-30(17-15-29)23(32)25(10-2-3-11-25)20-6-8-21(26)9-7-20/h6-9,18H,2-5,10-17H2,1H3. The van der Waals surface area contributed by atoms with Gasteiger partial charge in [0.05, 0.1) is 5.41 Å². The Labute approximate surface area is 195 Å². The summed E-state index contributed by atoms with van der Waals surface area (Å²) in [6.07, 6.45) is 6.49. The summed E-state index contributed by atoms with van der Waals surface area (Å²) in [5, 5.41) is 0.719. The van der Waals surface area contributed by atoms with E-state index in [0.717, 1.165) is 93.0 Å². The van der Waals surface area contributed by atoms with Gasteiger partial charge in [-0.1, -0.05) is 36.6 Å². The average Bonchev–Trinajstić information content (AvgIpc) is 3.52. The van der Waals surface area contributed by atoms with Crippen LogP contribution in [0.5, 0.6) is 0 Å². The lowest BCUT2D eigenvalue weighted by molar-refractivity contribution is -0.137. The van der Waals surface area contributed by atoms with Gasteiger partial charge in [-0.2, -0.15) is 4.98 Å². The van der Waals surface area contributed by atoms with E-state index in [1.54, 1.807) is 0 Å². The Hall–Kier alpha value is -2.34. The molecule has 2 aromatic rings. The van der Waals surface area contributed by atoms with E-state index in [1.165, 1.54) is 12.8 Å². The highest BCUT2D eigenvalue weighted by Crippen LogP contribution is 2.43. The third-order valence-corrected chi connectivity index (χ3v) is 7.62. The zero-order valence-corrected chi connectivity index (χ0v) is 19.7. The molecular formula is C25H32ClN5O. The molecule has 6 nitrogen and oxygen atoms in total. The molecule has 32 heavy (non-hydrogen) atoms. The van der Waals surface area contributed by atoms with Crippen LogP contribution in [0.1, 0.15) is 49.8 Å². The van der Waals surface area contributed by atoms with Crippen LogP contribution in [-0.4, -0.2) is 60.0 Å². The number of carbonyl (C=O) groups excluding carboxylic acids is 1. The maximum absolute atomic E-state index is 13.8. The summed E-state index contributed by atoms with van der Waals surface area (Å²) in [4.78, 5) is 30.0. The van der Waals surface area contributed by atoms with Gasteiger partial charge in [-0.3, -0.25) is 4.79 Å². The lowest BCUT2D eigenvalue weighted by atomic mass is 9.77. The average molecular weight is 454 g/mol. The lowest BCUT2D eigenvalue weighted by Crippen LogP contribution is -2.54. The van der Waals surface area contributed by atoms with E-state index in [0.29, 0.717) is 0 Å². The molecule has 1 aromatic carbocycles. The lowest BCUT2D eigenvalue weighted by Gasteiger charge is -2.40. The summed E-state index contributed by atoms with van der Waals surface area (Å²) in [5.41, 5.74) is 1.73. The summed E-state index contributed by atoms with van der Waals surface area (Å²) in [6, 6.07) is 10.00. The van der Waals surface area contributed by atoms with E-state index in [1.807, 2.05) is 31.2 Å². The van der Waals surface area contributed by atoms with Gasteiger partial charge in [0.1, 0.15) is 5.82 Å². The van der Waals surface area contributed by atoms with Gasteiger partial charge in [0.15, 0.2) is 0 Å². The molecule has 3 fully saturated rings. The molecule has 1 saturated carbocycles. The predicted octanol–water partition coefficient (Wildman–Crippen LogP) is 4.20. The van der Waals surface area contributed by atoms with Gasteiger partial charge in [0, 0.05) is 56.1 Å². The Morgan fingerprint density at radius 3 is 2.19 bits per heavy atom. The van der Waals surface area contributed by atoms with Gasteiger partial charge in [0.25, 0.3) is 0 Å². The van der Waals surface area contributed by atoms with Crippen LogP contribution in [0.4, 0.5) is 11.8 Å². The molecule has 7 heteroatoms. The minimum atomic E-state index is -0.388. The third-order valence-electron chi connectivity index (χ3n) is 7.37. The van der Waals surface area contributed by atoms with E-state index < -0.39 is 0 Å². The minimum Gasteiger partial charge on any atom is -0.353 e. The van der Waals surface area contributed by atoms with E-state index in [4.69, 9.17) is 16.6 Å². The van der Waals surface area contributed by atoms with Gasteiger partial charge < -0.3 is 14.7 Å².